The minimum atomic E-state index is -4.14. The smallest absolute Gasteiger partial charge is 0.229 e. The number of hydrazone groups is 1. The molecule has 0 unspecified atom stereocenters. The third kappa shape index (κ3) is 4.67. The van der Waals surface area contributed by atoms with Crippen LogP contribution >= 0.6 is 27.5 Å². The fraction of sp³-hybridized carbons (Fsp3) is 0. The molecule has 0 aliphatic carbocycles. The highest BCUT2D eigenvalue weighted by molar-refractivity contribution is 9.10. The number of rotatable bonds is 5. The first-order chi connectivity index (χ1) is 13.4. The van der Waals surface area contributed by atoms with Gasteiger partial charge in [0.1, 0.15) is 0 Å². The molecule has 1 N–H and O–H groups in total. The number of anilines is 1. The predicted octanol–water partition coefficient (Wildman–Crippen LogP) is 5.18. The predicted molar refractivity (Wildman–Crippen MR) is 115 cm³/mol. The van der Waals surface area contributed by atoms with Crippen molar-refractivity contribution in [3.05, 3.63) is 93.9 Å². The van der Waals surface area contributed by atoms with Gasteiger partial charge in [0, 0.05) is 15.1 Å². The summed E-state index contributed by atoms with van der Waals surface area (Å²) < 4.78 is 27.0. The van der Waals surface area contributed by atoms with Crippen LogP contribution < -0.4 is 5.43 Å². The van der Waals surface area contributed by atoms with E-state index in [1.54, 1.807) is 42.5 Å². The average molecular weight is 478 g/mol. The summed E-state index contributed by atoms with van der Waals surface area (Å²) in [5, 5.41) is 3.78. The van der Waals surface area contributed by atoms with Gasteiger partial charge in [0.05, 0.1) is 10.6 Å². The molecule has 3 aromatic rings. The SMILES string of the molecule is O=C(/C(=N/Nc1ccc(Br)cc1)S(=O)(=O)c1ccccc1)c1ccc(Cl)cc1. The molecule has 3 aromatic carbocycles. The van der Waals surface area contributed by atoms with Crippen LogP contribution in [-0.2, 0) is 9.84 Å². The fourth-order valence-corrected chi connectivity index (χ4v) is 3.97. The maximum atomic E-state index is 13.1. The van der Waals surface area contributed by atoms with E-state index in [0.29, 0.717) is 10.7 Å². The Hall–Kier alpha value is -2.48. The molecule has 0 aromatic heterocycles. The van der Waals surface area contributed by atoms with Crippen LogP contribution in [0.5, 0.6) is 0 Å². The van der Waals surface area contributed by atoms with Gasteiger partial charge in [0.2, 0.25) is 20.7 Å². The van der Waals surface area contributed by atoms with Crippen molar-refractivity contribution in [2.24, 2.45) is 5.10 Å². The first kappa shape index (κ1) is 20.3. The molecule has 0 radical (unpaired) electrons. The van der Waals surface area contributed by atoms with Gasteiger partial charge in [0.25, 0.3) is 0 Å². The maximum absolute atomic E-state index is 13.1. The van der Waals surface area contributed by atoms with Crippen molar-refractivity contribution in [3.8, 4) is 0 Å². The van der Waals surface area contributed by atoms with Crippen molar-refractivity contribution in [3.63, 3.8) is 0 Å². The van der Waals surface area contributed by atoms with Crippen molar-refractivity contribution >= 4 is 53.9 Å². The number of carbonyl (C=O) groups excluding carboxylic acids is 1. The molecule has 142 valence electrons. The number of nitrogens with one attached hydrogen (secondary N) is 1. The molecule has 0 heterocycles. The molecule has 3 rings (SSSR count). The quantitative estimate of drug-likeness (QED) is 0.238. The Labute approximate surface area is 176 Å². The summed E-state index contributed by atoms with van der Waals surface area (Å²) in [4.78, 5) is 12.9. The molecule has 0 aliphatic heterocycles. The number of Topliss-reactive ketones (excluding diaryl/α,β-unsaturated/α-hetero) is 1. The molecule has 28 heavy (non-hydrogen) atoms. The van der Waals surface area contributed by atoms with Gasteiger partial charge in [-0.1, -0.05) is 45.7 Å². The molecule has 0 amide bonds. The van der Waals surface area contributed by atoms with Crippen LogP contribution in [-0.4, -0.2) is 19.2 Å². The Morgan fingerprint density at radius 1 is 0.893 bits per heavy atom. The summed E-state index contributed by atoms with van der Waals surface area (Å²) in [6.07, 6.45) is 0. The lowest BCUT2D eigenvalue weighted by molar-refractivity contribution is 0.106. The van der Waals surface area contributed by atoms with E-state index in [9.17, 15) is 13.2 Å². The van der Waals surface area contributed by atoms with Gasteiger partial charge in [-0.25, -0.2) is 8.42 Å². The van der Waals surface area contributed by atoms with E-state index in [-0.39, 0.29) is 10.5 Å². The summed E-state index contributed by atoms with van der Waals surface area (Å²) in [6.45, 7) is 0. The van der Waals surface area contributed by atoms with Crippen molar-refractivity contribution in [1.29, 1.82) is 0 Å². The van der Waals surface area contributed by atoms with E-state index >= 15 is 0 Å². The Balaban J connectivity index is 2.05. The largest absolute Gasteiger partial charge is 0.286 e. The molecule has 0 aliphatic rings. The number of ketones is 1. The Kier molecular flexibility index (Phi) is 6.28. The third-order valence-corrected chi connectivity index (χ3v) is 6.20. The zero-order chi connectivity index (χ0) is 20.1. The second-order valence-corrected chi connectivity index (χ2v) is 8.91. The monoisotopic (exact) mass is 476 g/mol. The molecule has 0 saturated heterocycles. The zero-order valence-electron chi connectivity index (χ0n) is 14.3. The Bertz CT molecular complexity index is 1110. The first-order valence-corrected chi connectivity index (χ1v) is 10.7. The fourth-order valence-electron chi connectivity index (χ4n) is 2.31. The first-order valence-electron chi connectivity index (χ1n) is 8.07. The highest BCUT2D eigenvalue weighted by Gasteiger charge is 2.30. The number of hydrogen-bond acceptors (Lipinski definition) is 5. The van der Waals surface area contributed by atoms with E-state index in [2.05, 4.69) is 26.5 Å². The molecule has 0 saturated carbocycles. The lowest BCUT2D eigenvalue weighted by atomic mass is 10.1. The minimum absolute atomic E-state index is 0.0198. The van der Waals surface area contributed by atoms with E-state index in [1.807, 2.05) is 0 Å². The second-order valence-electron chi connectivity index (χ2n) is 5.69. The normalized spacial score (nSPS) is 11.9. The Morgan fingerprint density at radius 2 is 1.50 bits per heavy atom. The lowest BCUT2D eigenvalue weighted by Crippen LogP contribution is -2.26. The summed E-state index contributed by atoms with van der Waals surface area (Å²) in [6, 6.07) is 20.6. The second kappa shape index (κ2) is 8.68. The van der Waals surface area contributed by atoms with E-state index in [4.69, 9.17) is 11.6 Å². The van der Waals surface area contributed by atoms with Gasteiger partial charge in [-0.3, -0.25) is 10.2 Å². The number of sulfone groups is 1. The maximum Gasteiger partial charge on any atom is 0.229 e. The van der Waals surface area contributed by atoms with Crippen LogP contribution in [0.4, 0.5) is 5.69 Å². The van der Waals surface area contributed by atoms with Crippen LogP contribution in [0.15, 0.2) is 93.3 Å². The molecule has 0 atom stereocenters. The summed E-state index contributed by atoms with van der Waals surface area (Å²) >= 11 is 9.18. The summed E-state index contributed by atoms with van der Waals surface area (Å²) in [5.74, 6) is -0.731. The summed E-state index contributed by atoms with van der Waals surface area (Å²) in [7, 11) is -4.14. The highest BCUT2D eigenvalue weighted by atomic mass is 79.9. The number of hydrogen-bond donors (Lipinski definition) is 1. The van der Waals surface area contributed by atoms with Crippen LogP contribution in [0.3, 0.4) is 0 Å². The molecular formula is C20H14BrClN2O3S. The summed E-state index contributed by atoms with van der Waals surface area (Å²) in [5.41, 5.74) is 3.35. The van der Waals surface area contributed by atoms with E-state index in [0.717, 1.165) is 4.47 Å². The lowest BCUT2D eigenvalue weighted by Gasteiger charge is -2.09. The molecule has 0 fully saturated rings. The van der Waals surface area contributed by atoms with Gasteiger partial charge in [-0.2, -0.15) is 5.10 Å². The van der Waals surface area contributed by atoms with E-state index < -0.39 is 20.7 Å². The van der Waals surface area contributed by atoms with Gasteiger partial charge >= 0.3 is 0 Å². The molecule has 8 heteroatoms. The number of benzene rings is 3. The molecule has 0 spiro atoms. The van der Waals surface area contributed by atoms with Gasteiger partial charge in [-0.15, -0.1) is 0 Å². The van der Waals surface area contributed by atoms with Gasteiger partial charge in [-0.05, 0) is 60.7 Å². The number of carbonyl (C=O) groups is 1. The van der Waals surface area contributed by atoms with Crippen molar-refractivity contribution in [2.75, 3.05) is 5.43 Å². The standard InChI is InChI=1S/C20H14BrClN2O3S/c21-15-8-12-17(13-9-15)23-24-20(19(25)14-6-10-16(22)11-7-14)28(26,27)18-4-2-1-3-5-18/h1-13,23H/b24-20-. The van der Waals surface area contributed by atoms with Crippen molar-refractivity contribution in [1.82, 2.24) is 0 Å². The van der Waals surface area contributed by atoms with Gasteiger partial charge < -0.3 is 0 Å². The average Bonchev–Trinajstić information content (AvgIpc) is 2.70. The van der Waals surface area contributed by atoms with Gasteiger partial charge in [0.15, 0.2) is 0 Å². The Morgan fingerprint density at radius 3 is 2.11 bits per heavy atom. The zero-order valence-corrected chi connectivity index (χ0v) is 17.5. The van der Waals surface area contributed by atoms with Crippen LogP contribution in [0.2, 0.25) is 5.02 Å². The van der Waals surface area contributed by atoms with Crippen LogP contribution in [0.1, 0.15) is 10.4 Å². The topological polar surface area (TPSA) is 75.6 Å². The highest BCUT2D eigenvalue weighted by Crippen LogP contribution is 2.19. The van der Waals surface area contributed by atoms with E-state index in [1.165, 1.54) is 36.4 Å². The van der Waals surface area contributed by atoms with Crippen molar-refractivity contribution in [2.45, 2.75) is 4.90 Å². The van der Waals surface area contributed by atoms with Crippen LogP contribution in [0.25, 0.3) is 0 Å². The third-order valence-electron chi connectivity index (χ3n) is 3.74. The molecular weight excluding hydrogens is 464 g/mol. The number of halogens is 2. The molecule has 5 nitrogen and oxygen atoms in total. The van der Waals surface area contributed by atoms with Crippen molar-refractivity contribution < 1.29 is 13.2 Å². The van der Waals surface area contributed by atoms with Crippen LogP contribution in [0, 0.1) is 0 Å². The minimum Gasteiger partial charge on any atom is -0.286 e. The number of nitrogens with zero attached hydrogens (tertiary/aromatic N) is 1. The molecule has 0 bridgehead atoms.